The minimum Gasteiger partial charge on any atom is -0.465 e. The maximum atomic E-state index is 11.5. The Balaban J connectivity index is 2.11. The molecular formula is C13H13ClN2O2. The van der Waals surface area contributed by atoms with E-state index in [2.05, 4.69) is 4.98 Å². The number of carbonyl (C=O) groups is 1. The van der Waals surface area contributed by atoms with E-state index in [0.29, 0.717) is 16.6 Å². The van der Waals surface area contributed by atoms with Crippen molar-refractivity contribution in [2.24, 2.45) is 0 Å². The second-order valence-corrected chi connectivity index (χ2v) is 4.91. The zero-order chi connectivity index (χ0) is 12.7. The number of rotatable bonds is 2. The Bertz CT molecular complexity index is 617. The van der Waals surface area contributed by atoms with Crippen molar-refractivity contribution >= 4 is 23.1 Å². The Morgan fingerprint density at radius 2 is 2.33 bits per heavy atom. The summed E-state index contributed by atoms with van der Waals surface area (Å²) in [6.07, 6.45) is 5.41. The molecule has 0 spiro atoms. The fraction of sp³-hybridized carbons (Fsp3) is 0.385. The Labute approximate surface area is 110 Å². The molecule has 5 heteroatoms. The number of hydrogen-bond donors (Lipinski definition) is 0. The van der Waals surface area contributed by atoms with Crippen molar-refractivity contribution in [2.45, 2.75) is 25.2 Å². The second kappa shape index (κ2) is 4.28. The van der Waals surface area contributed by atoms with Crippen LogP contribution in [-0.2, 0) is 4.74 Å². The molecule has 0 aromatic carbocycles. The molecule has 1 saturated carbocycles. The third-order valence-electron chi connectivity index (χ3n) is 3.52. The zero-order valence-corrected chi connectivity index (χ0v) is 10.8. The number of halogens is 1. The van der Waals surface area contributed by atoms with Crippen LogP contribution in [0.1, 0.15) is 41.4 Å². The molecule has 2 heterocycles. The molecule has 0 amide bonds. The molecule has 0 radical (unpaired) electrons. The molecule has 0 N–H and O–H groups in total. The number of hydrogen-bond acceptors (Lipinski definition) is 3. The number of pyridine rings is 1. The van der Waals surface area contributed by atoms with Gasteiger partial charge in [-0.05, 0) is 25.0 Å². The van der Waals surface area contributed by atoms with Crippen LogP contribution in [0.3, 0.4) is 0 Å². The van der Waals surface area contributed by atoms with E-state index < -0.39 is 0 Å². The van der Waals surface area contributed by atoms with Crippen molar-refractivity contribution in [3.8, 4) is 0 Å². The molecule has 1 aliphatic rings. The predicted octanol–water partition coefficient (Wildman–Crippen LogP) is 3.04. The summed E-state index contributed by atoms with van der Waals surface area (Å²) < 4.78 is 6.67. The number of nitrogens with zero attached hydrogens (tertiary/aromatic N) is 2. The molecule has 2 aromatic heterocycles. The standard InChI is InChI=1S/C13H13ClN2O2/c1-18-13(17)9-5-6-16-10(7-9)11(14)15-12(16)8-3-2-4-8/h5-8H,2-4H2,1H3. The average molecular weight is 265 g/mol. The first kappa shape index (κ1) is 11.5. The number of methoxy groups -OCH3 is 1. The number of fused-ring (bicyclic) bond motifs is 1. The first-order valence-corrected chi connectivity index (χ1v) is 6.34. The smallest absolute Gasteiger partial charge is 0.337 e. The van der Waals surface area contributed by atoms with Gasteiger partial charge in [-0.1, -0.05) is 18.0 Å². The summed E-state index contributed by atoms with van der Waals surface area (Å²) in [5, 5.41) is 0.447. The summed E-state index contributed by atoms with van der Waals surface area (Å²) >= 11 is 6.14. The molecule has 18 heavy (non-hydrogen) atoms. The van der Waals surface area contributed by atoms with Crippen LogP contribution in [0.2, 0.25) is 5.15 Å². The van der Waals surface area contributed by atoms with E-state index in [9.17, 15) is 4.79 Å². The van der Waals surface area contributed by atoms with Gasteiger partial charge in [-0.3, -0.25) is 0 Å². The lowest BCUT2D eigenvalue weighted by Crippen LogP contribution is -2.12. The maximum absolute atomic E-state index is 11.5. The van der Waals surface area contributed by atoms with Gasteiger partial charge >= 0.3 is 5.97 Å². The van der Waals surface area contributed by atoms with E-state index in [0.717, 1.165) is 24.2 Å². The van der Waals surface area contributed by atoms with Gasteiger partial charge in [-0.2, -0.15) is 0 Å². The first-order valence-electron chi connectivity index (χ1n) is 5.96. The third-order valence-corrected chi connectivity index (χ3v) is 3.80. The quantitative estimate of drug-likeness (QED) is 0.783. The lowest BCUT2D eigenvalue weighted by Gasteiger charge is -2.23. The summed E-state index contributed by atoms with van der Waals surface area (Å²) in [5.74, 6) is 1.13. The Morgan fingerprint density at radius 1 is 1.56 bits per heavy atom. The number of aromatic nitrogens is 2. The normalized spacial score (nSPS) is 15.7. The molecule has 2 aromatic rings. The topological polar surface area (TPSA) is 43.6 Å². The Morgan fingerprint density at radius 3 is 2.94 bits per heavy atom. The maximum Gasteiger partial charge on any atom is 0.337 e. The van der Waals surface area contributed by atoms with Crippen LogP contribution in [0.5, 0.6) is 0 Å². The van der Waals surface area contributed by atoms with Gasteiger partial charge in [0, 0.05) is 12.1 Å². The predicted molar refractivity (Wildman–Crippen MR) is 68.1 cm³/mol. The molecular weight excluding hydrogens is 252 g/mol. The summed E-state index contributed by atoms with van der Waals surface area (Å²) in [4.78, 5) is 15.9. The first-order chi connectivity index (χ1) is 8.70. The SMILES string of the molecule is COC(=O)c1ccn2c(C3CCC3)nc(Cl)c2c1. The molecule has 1 fully saturated rings. The van der Waals surface area contributed by atoms with E-state index in [-0.39, 0.29) is 5.97 Å². The number of ether oxygens (including phenoxy) is 1. The van der Waals surface area contributed by atoms with Crippen molar-refractivity contribution in [1.82, 2.24) is 9.38 Å². The summed E-state index contributed by atoms with van der Waals surface area (Å²) in [6.45, 7) is 0. The minimum atomic E-state index is -0.361. The lowest BCUT2D eigenvalue weighted by molar-refractivity contribution is 0.0600. The zero-order valence-electron chi connectivity index (χ0n) is 10.0. The monoisotopic (exact) mass is 264 g/mol. The van der Waals surface area contributed by atoms with E-state index in [4.69, 9.17) is 16.3 Å². The van der Waals surface area contributed by atoms with Gasteiger partial charge in [-0.15, -0.1) is 0 Å². The molecule has 0 bridgehead atoms. The van der Waals surface area contributed by atoms with Crippen LogP contribution in [0.25, 0.3) is 5.52 Å². The summed E-state index contributed by atoms with van der Waals surface area (Å²) in [6, 6.07) is 3.46. The molecule has 0 aliphatic heterocycles. The van der Waals surface area contributed by atoms with Crippen molar-refractivity contribution < 1.29 is 9.53 Å². The van der Waals surface area contributed by atoms with Crippen LogP contribution >= 0.6 is 11.6 Å². The number of carbonyl (C=O) groups excluding carboxylic acids is 1. The van der Waals surface area contributed by atoms with Gasteiger partial charge in [0.05, 0.1) is 18.2 Å². The highest BCUT2D eigenvalue weighted by molar-refractivity contribution is 6.32. The van der Waals surface area contributed by atoms with Crippen molar-refractivity contribution in [3.05, 3.63) is 34.9 Å². The fourth-order valence-corrected chi connectivity index (χ4v) is 2.50. The van der Waals surface area contributed by atoms with Gasteiger partial charge in [-0.25, -0.2) is 9.78 Å². The van der Waals surface area contributed by atoms with Crippen molar-refractivity contribution in [2.75, 3.05) is 7.11 Å². The third kappa shape index (κ3) is 1.68. The van der Waals surface area contributed by atoms with Crippen molar-refractivity contribution in [3.63, 3.8) is 0 Å². The molecule has 1 aliphatic carbocycles. The molecule has 0 unspecified atom stereocenters. The molecule has 0 atom stereocenters. The van der Waals surface area contributed by atoms with E-state index >= 15 is 0 Å². The van der Waals surface area contributed by atoms with Gasteiger partial charge in [0.15, 0.2) is 5.15 Å². The lowest BCUT2D eigenvalue weighted by atomic mass is 9.85. The van der Waals surface area contributed by atoms with Crippen LogP contribution in [0.4, 0.5) is 0 Å². The summed E-state index contributed by atoms with van der Waals surface area (Å²) in [7, 11) is 1.37. The van der Waals surface area contributed by atoms with Crippen LogP contribution in [0, 0.1) is 0 Å². The highest BCUT2D eigenvalue weighted by Crippen LogP contribution is 2.37. The molecule has 4 nitrogen and oxygen atoms in total. The molecule has 3 rings (SSSR count). The highest BCUT2D eigenvalue weighted by Gasteiger charge is 2.25. The molecule has 94 valence electrons. The van der Waals surface area contributed by atoms with Crippen LogP contribution in [-0.4, -0.2) is 22.5 Å². The largest absolute Gasteiger partial charge is 0.465 e. The van der Waals surface area contributed by atoms with Crippen LogP contribution < -0.4 is 0 Å². The van der Waals surface area contributed by atoms with Gasteiger partial charge in [0.2, 0.25) is 0 Å². The van der Waals surface area contributed by atoms with Crippen molar-refractivity contribution in [1.29, 1.82) is 0 Å². The average Bonchev–Trinajstić information content (AvgIpc) is 2.63. The Kier molecular flexibility index (Phi) is 2.74. The van der Waals surface area contributed by atoms with E-state index in [1.54, 1.807) is 12.1 Å². The number of esters is 1. The van der Waals surface area contributed by atoms with Crippen LogP contribution in [0.15, 0.2) is 18.3 Å². The van der Waals surface area contributed by atoms with Gasteiger partial charge in [0.1, 0.15) is 5.82 Å². The van der Waals surface area contributed by atoms with Gasteiger partial charge in [0.25, 0.3) is 0 Å². The Hall–Kier alpha value is -1.55. The highest BCUT2D eigenvalue weighted by atomic mass is 35.5. The minimum absolute atomic E-state index is 0.361. The second-order valence-electron chi connectivity index (χ2n) is 4.55. The molecule has 0 saturated heterocycles. The summed E-state index contributed by atoms with van der Waals surface area (Å²) in [5.41, 5.74) is 1.26. The number of imidazole rings is 1. The van der Waals surface area contributed by atoms with Gasteiger partial charge < -0.3 is 9.14 Å². The van der Waals surface area contributed by atoms with E-state index in [1.165, 1.54) is 13.5 Å². The fourth-order valence-electron chi connectivity index (χ4n) is 2.27. The van der Waals surface area contributed by atoms with E-state index in [1.807, 2.05) is 10.6 Å².